The Kier molecular flexibility index (Phi) is 4.37. The molecule has 0 bridgehead atoms. The maximum Gasteiger partial charge on any atom is 0.274 e. The first-order valence-corrected chi connectivity index (χ1v) is 6.02. The molecule has 104 valence electrons. The molecule has 0 atom stereocenters. The minimum Gasteiger partial charge on any atom is -0.495 e. The van der Waals surface area contributed by atoms with Crippen molar-refractivity contribution < 1.29 is 14.3 Å². The van der Waals surface area contributed by atoms with Gasteiger partial charge >= 0.3 is 0 Å². The first-order chi connectivity index (χ1) is 9.63. The van der Waals surface area contributed by atoms with Crippen LogP contribution in [0.25, 0.3) is 0 Å². The lowest BCUT2D eigenvalue weighted by molar-refractivity contribution is 0.102. The fraction of sp³-hybridized carbons (Fsp3) is 0.154. The second-order valence-corrected chi connectivity index (χ2v) is 4.18. The van der Waals surface area contributed by atoms with Crippen molar-refractivity contribution in [1.82, 2.24) is 9.97 Å². The van der Waals surface area contributed by atoms with Gasteiger partial charge in [0, 0.05) is 11.1 Å². The van der Waals surface area contributed by atoms with E-state index in [2.05, 4.69) is 15.3 Å². The number of benzene rings is 1. The Bertz CT molecular complexity index is 634. The van der Waals surface area contributed by atoms with Gasteiger partial charge in [-0.15, -0.1) is 0 Å². The molecular weight excluding hydrogens is 282 g/mol. The molecule has 1 N–H and O–H groups in total. The van der Waals surface area contributed by atoms with Crippen molar-refractivity contribution >= 4 is 23.2 Å². The van der Waals surface area contributed by atoms with Crippen LogP contribution in [0.1, 0.15) is 10.5 Å². The lowest BCUT2D eigenvalue weighted by Crippen LogP contribution is -2.14. The van der Waals surface area contributed by atoms with E-state index in [0.29, 0.717) is 22.3 Å². The summed E-state index contributed by atoms with van der Waals surface area (Å²) in [6.07, 6.45) is 1.25. The number of hydrogen-bond acceptors (Lipinski definition) is 5. The molecular formula is C13H12ClN3O3. The first kappa shape index (κ1) is 14.1. The van der Waals surface area contributed by atoms with Crippen molar-refractivity contribution in [1.29, 1.82) is 0 Å². The fourth-order valence-electron chi connectivity index (χ4n) is 1.54. The summed E-state index contributed by atoms with van der Waals surface area (Å²) < 4.78 is 10.1. The van der Waals surface area contributed by atoms with E-state index in [1.165, 1.54) is 26.6 Å². The van der Waals surface area contributed by atoms with Crippen LogP contribution in [0.2, 0.25) is 5.02 Å². The van der Waals surface area contributed by atoms with Crippen LogP contribution in [-0.4, -0.2) is 30.1 Å². The summed E-state index contributed by atoms with van der Waals surface area (Å²) in [7, 11) is 2.97. The van der Waals surface area contributed by atoms with E-state index in [-0.39, 0.29) is 5.69 Å². The highest BCUT2D eigenvalue weighted by Crippen LogP contribution is 2.28. The largest absolute Gasteiger partial charge is 0.495 e. The van der Waals surface area contributed by atoms with Crippen molar-refractivity contribution in [3.8, 4) is 11.6 Å². The van der Waals surface area contributed by atoms with Gasteiger partial charge in [0.25, 0.3) is 5.91 Å². The second-order valence-electron chi connectivity index (χ2n) is 3.74. The number of methoxy groups -OCH3 is 2. The third kappa shape index (κ3) is 3.16. The molecule has 7 heteroatoms. The van der Waals surface area contributed by atoms with E-state index >= 15 is 0 Å². The number of aromatic nitrogens is 2. The summed E-state index contributed by atoms with van der Waals surface area (Å²) in [5.74, 6) is 0.401. The Morgan fingerprint density at radius 2 is 2.00 bits per heavy atom. The quantitative estimate of drug-likeness (QED) is 0.937. The number of halogens is 1. The molecule has 1 aromatic carbocycles. The third-order valence-corrected chi connectivity index (χ3v) is 2.73. The van der Waals surface area contributed by atoms with Gasteiger partial charge in [-0.2, -0.15) is 0 Å². The van der Waals surface area contributed by atoms with Gasteiger partial charge in [-0.25, -0.2) is 9.97 Å². The lowest BCUT2D eigenvalue weighted by atomic mass is 10.2. The molecule has 2 rings (SSSR count). The van der Waals surface area contributed by atoms with Crippen molar-refractivity contribution in [2.75, 3.05) is 19.5 Å². The summed E-state index contributed by atoms with van der Waals surface area (Å²) in [6.45, 7) is 0. The topological polar surface area (TPSA) is 73.3 Å². The molecule has 0 unspecified atom stereocenters. The van der Waals surface area contributed by atoms with Crippen LogP contribution < -0.4 is 14.8 Å². The SMILES string of the molecule is COc1cc(C(=O)Nc2cc(Cl)ccc2OC)ncn1. The molecule has 0 spiro atoms. The smallest absolute Gasteiger partial charge is 0.274 e. The Morgan fingerprint density at radius 1 is 1.20 bits per heavy atom. The van der Waals surface area contributed by atoms with Crippen molar-refractivity contribution in [2.45, 2.75) is 0 Å². The van der Waals surface area contributed by atoms with Gasteiger partial charge in [0.1, 0.15) is 17.8 Å². The van der Waals surface area contributed by atoms with Gasteiger partial charge in [0.05, 0.1) is 19.9 Å². The van der Waals surface area contributed by atoms with Gasteiger partial charge in [0.2, 0.25) is 5.88 Å². The normalized spacial score (nSPS) is 9.95. The first-order valence-electron chi connectivity index (χ1n) is 5.65. The Labute approximate surface area is 120 Å². The van der Waals surface area contributed by atoms with Crippen LogP contribution in [0.15, 0.2) is 30.6 Å². The molecule has 2 aromatic rings. The van der Waals surface area contributed by atoms with E-state index in [4.69, 9.17) is 21.1 Å². The summed E-state index contributed by atoms with van der Waals surface area (Å²) in [5, 5.41) is 3.16. The third-order valence-electron chi connectivity index (χ3n) is 2.49. The highest BCUT2D eigenvalue weighted by molar-refractivity contribution is 6.31. The minimum atomic E-state index is -0.411. The van der Waals surface area contributed by atoms with Crippen molar-refractivity contribution in [2.24, 2.45) is 0 Å². The monoisotopic (exact) mass is 293 g/mol. The zero-order valence-electron chi connectivity index (χ0n) is 10.9. The summed E-state index contributed by atoms with van der Waals surface area (Å²) in [4.78, 5) is 19.8. The summed E-state index contributed by atoms with van der Waals surface area (Å²) >= 11 is 5.90. The minimum absolute atomic E-state index is 0.180. The molecule has 20 heavy (non-hydrogen) atoms. The van der Waals surface area contributed by atoms with Crippen LogP contribution in [0, 0.1) is 0 Å². The van der Waals surface area contributed by atoms with E-state index in [0.717, 1.165) is 0 Å². The molecule has 0 radical (unpaired) electrons. The molecule has 0 aliphatic rings. The van der Waals surface area contributed by atoms with Gasteiger partial charge in [0.15, 0.2) is 0 Å². The number of nitrogens with zero attached hydrogens (tertiary/aromatic N) is 2. The number of ether oxygens (including phenoxy) is 2. The lowest BCUT2D eigenvalue weighted by Gasteiger charge is -2.10. The van der Waals surface area contributed by atoms with E-state index in [1.54, 1.807) is 18.2 Å². The van der Waals surface area contributed by atoms with Crippen LogP contribution >= 0.6 is 11.6 Å². The molecule has 0 saturated heterocycles. The predicted molar refractivity (Wildman–Crippen MR) is 74.5 cm³/mol. The number of hydrogen-bond donors (Lipinski definition) is 1. The maximum absolute atomic E-state index is 12.1. The Balaban J connectivity index is 2.25. The Morgan fingerprint density at radius 3 is 2.70 bits per heavy atom. The van der Waals surface area contributed by atoms with Crippen LogP contribution in [0.5, 0.6) is 11.6 Å². The van der Waals surface area contributed by atoms with Crippen LogP contribution in [0.4, 0.5) is 5.69 Å². The molecule has 0 saturated carbocycles. The molecule has 0 aliphatic carbocycles. The molecule has 0 aliphatic heterocycles. The van der Waals surface area contributed by atoms with E-state index < -0.39 is 5.91 Å². The van der Waals surface area contributed by atoms with Gasteiger partial charge in [-0.3, -0.25) is 4.79 Å². The summed E-state index contributed by atoms with van der Waals surface area (Å²) in [5.41, 5.74) is 0.640. The number of carbonyl (C=O) groups excluding carboxylic acids is 1. The van der Waals surface area contributed by atoms with Gasteiger partial charge in [-0.1, -0.05) is 11.6 Å². The van der Waals surface area contributed by atoms with Gasteiger partial charge in [-0.05, 0) is 18.2 Å². The number of carbonyl (C=O) groups is 1. The highest BCUT2D eigenvalue weighted by Gasteiger charge is 2.12. The van der Waals surface area contributed by atoms with Crippen LogP contribution in [-0.2, 0) is 0 Å². The number of anilines is 1. The molecule has 6 nitrogen and oxygen atoms in total. The second kappa shape index (κ2) is 6.21. The molecule has 1 heterocycles. The standard InChI is InChI=1S/C13H12ClN3O3/c1-19-11-4-3-8(14)5-9(11)17-13(18)10-6-12(20-2)16-7-15-10/h3-7H,1-2H3,(H,17,18). The molecule has 1 amide bonds. The zero-order valence-corrected chi connectivity index (χ0v) is 11.6. The van der Waals surface area contributed by atoms with Crippen LogP contribution in [0.3, 0.4) is 0 Å². The van der Waals surface area contributed by atoms with Crippen molar-refractivity contribution in [3.05, 3.63) is 41.3 Å². The Hall–Kier alpha value is -2.34. The van der Waals surface area contributed by atoms with E-state index in [1.807, 2.05) is 0 Å². The number of rotatable bonds is 4. The maximum atomic E-state index is 12.1. The fourth-order valence-corrected chi connectivity index (χ4v) is 1.71. The zero-order chi connectivity index (χ0) is 14.5. The molecule has 1 aromatic heterocycles. The van der Waals surface area contributed by atoms with Gasteiger partial charge < -0.3 is 14.8 Å². The average Bonchev–Trinajstić information content (AvgIpc) is 2.47. The summed E-state index contributed by atoms with van der Waals surface area (Å²) in [6, 6.07) is 6.37. The number of amides is 1. The predicted octanol–water partition coefficient (Wildman–Crippen LogP) is 2.40. The number of nitrogens with one attached hydrogen (secondary N) is 1. The van der Waals surface area contributed by atoms with Crippen molar-refractivity contribution in [3.63, 3.8) is 0 Å². The molecule has 0 fully saturated rings. The van der Waals surface area contributed by atoms with E-state index in [9.17, 15) is 4.79 Å². The average molecular weight is 294 g/mol. The highest BCUT2D eigenvalue weighted by atomic mass is 35.5.